The first-order valence-electron chi connectivity index (χ1n) is 10.2. The summed E-state index contributed by atoms with van der Waals surface area (Å²) in [6.07, 6.45) is 1.30. The monoisotopic (exact) mass is 451 g/mol. The van der Waals surface area contributed by atoms with Crippen molar-refractivity contribution < 1.29 is 17.5 Å². The van der Waals surface area contributed by atoms with E-state index in [0.717, 1.165) is 5.56 Å². The molecule has 0 atom stereocenters. The predicted octanol–water partition coefficient (Wildman–Crippen LogP) is 4.73. The van der Waals surface area contributed by atoms with E-state index in [1.54, 1.807) is 47.0 Å². The molecule has 0 aliphatic carbocycles. The summed E-state index contributed by atoms with van der Waals surface area (Å²) in [6.45, 7) is 4.13. The molecule has 0 spiro atoms. The van der Waals surface area contributed by atoms with Crippen molar-refractivity contribution in [3.8, 4) is 5.75 Å². The van der Waals surface area contributed by atoms with Gasteiger partial charge in [-0.15, -0.1) is 0 Å². The molecule has 7 heteroatoms. The summed E-state index contributed by atoms with van der Waals surface area (Å²) in [5.41, 5.74) is 1.15. The fraction of sp³-hybridized carbons (Fsp3) is 0.160. The van der Waals surface area contributed by atoms with Gasteiger partial charge in [-0.1, -0.05) is 35.9 Å². The molecule has 0 unspecified atom stereocenters. The van der Waals surface area contributed by atoms with Crippen LogP contribution in [-0.2, 0) is 16.4 Å². The Morgan fingerprint density at radius 2 is 1.72 bits per heavy atom. The van der Waals surface area contributed by atoms with Crippen LogP contribution in [0.3, 0.4) is 0 Å². The lowest BCUT2D eigenvalue weighted by Gasteiger charge is -2.15. The second-order valence-electron chi connectivity index (χ2n) is 7.47. The van der Waals surface area contributed by atoms with Crippen LogP contribution in [0.1, 0.15) is 18.1 Å². The summed E-state index contributed by atoms with van der Waals surface area (Å²) in [5, 5.41) is 0.195. The van der Waals surface area contributed by atoms with Crippen LogP contribution in [0.5, 0.6) is 5.75 Å². The number of hydrogen-bond donors (Lipinski definition) is 0. The number of nitrogens with zero attached hydrogens (tertiary/aromatic N) is 1. The highest BCUT2D eigenvalue weighted by atomic mass is 32.2. The minimum absolute atomic E-state index is 0.0259. The zero-order valence-corrected chi connectivity index (χ0v) is 18.5. The van der Waals surface area contributed by atoms with Crippen molar-refractivity contribution in [3.63, 3.8) is 0 Å². The van der Waals surface area contributed by atoms with Crippen LogP contribution in [0.2, 0.25) is 0 Å². The zero-order valence-electron chi connectivity index (χ0n) is 17.7. The first-order valence-corrected chi connectivity index (χ1v) is 11.6. The number of fused-ring (bicyclic) bond motifs is 1. The van der Waals surface area contributed by atoms with Crippen LogP contribution in [0.4, 0.5) is 4.39 Å². The number of ether oxygens (including phenoxy) is 1. The van der Waals surface area contributed by atoms with Gasteiger partial charge in [0.15, 0.2) is 0 Å². The molecule has 4 aromatic rings. The Labute approximate surface area is 185 Å². The van der Waals surface area contributed by atoms with E-state index in [1.165, 1.54) is 30.5 Å². The first kappa shape index (κ1) is 21.8. The number of rotatable bonds is 6. The van der Waals surface area contributed by atoms with Crippen molar-refractivity contribution in [3.05, 3.63) is 100 Å². The molecule has 0 saturated heterocycles. The standard InChI is InChI=1S/C25H22FNO4S/c1-3-31-19-10-13-23-21(14-19)25(28)24(32(29,30)20-11-8-17(2)9-12-20)16-27(23)15-18-6-4-5-7-22(18)26/h4-14,16H,3,15H2,1-2H3. The van der Waals surface area contributed by atoms with Gasteiger partial charge in [-0.3, -0.25) is 4.79 Å². The number of pyridine rings is 1. The Hall–Kier alpha value is -3.45. The minimum Gasteiger partial charge on any atom is -0.494 e. The maximum atomic E-state index is 14.3. The van der Waals surface area contributed by atoms with Crippen LogP contribution in [0, 0.1) is 12.7 Å². The summed E-state index contributed by atoms with van der Waals surface area (Å²) in [7, 11) is -4.10. The highest BCUT2D eigenvalue weighted by molar-refractivity contribution is 7.91. The summed E-state index contributed by atoms with van der Waals surface area (Å²) >= 11 is 0. The van der Waals surface area contributed by atoms with Crippen molar-refractivity contribution in [1.82, 2.24) is 4.57 Å². The van der Waals surface area contributed by atoms with Gasteiger partial charge < -0.3 is 9.30 Å². The Balaban J connectivity index is 1.98. The molecule has 0 amide bonds. The lowest BCUT2D eigenvalue weighted by Crippen LogP contribution is -2.20. The van der Waals surface area contributed by atoms with E-state index in [0.29, 0.717) is 23.4 Å². The Bertz CT molecular complexity index is 1460. The van der Waals surface area contributed by atoms with Crippen molar-refractivity contribution in [2.45, 2.75) is 30.2 Å². The largest absolute Gasteiger partial charge is 0.494 e. The molecule has 32 heavy (non-hydrogen) atoms. The lowest BCUT2D eigenvalue weighted by atomic mass is 10.1. The smallest absolute Gasteiger partial charge is 0.211 e. The average molecular weight is 452 g/mol. The number of aromatic nitrogens is 1. The molecule has 3 aromatic carbocycles. The second kappa shape index (κ2) is 8.59. The number of aryl methyl sites for hydroxylation is 1. The molecule has 0 radical (unpaired) electrons. The third-order valence-electron chi connectivity index (χ3n) is 5.25. The molecular formula is C25H22FNO4S. The SMILES string of the molecule is CCOc1ccc2c(c1)c(=O)c(S(=O)(=O)c1ccc(C)cc1)cn2Cc1ccccc1F. The lowest BCUT2D eigenvalue weighted by molar-refractivity contribution is 0.340. The molecule has 0 aliphatic rings. The summed E-state index contributed by atoms with van der Waals surface area (Å²) in [4.78, 5) is 13.0. The predicted molar refractivity (Wildman–Crippen MR) is 122 cm³/mol. The number of halogens is 1. The topological polar surface area (TPSA) is 65.4 Å². The molecule has 0 N–H and O–H groups in total. The van der Waals surface area contributed by atoms with E-state index in [4.69, 9.17) is 4.74 Å². The van der Waals surface area contributed by atoms with E-state index in [9.17, 15) is 17.6 Å². The van der Waals surface area contributed by atoms with Gasteiger partial charge in [0.1, 0.15) is 16.5 Å². The summed E-state index contributed by atoms with van der Waals surface area (Å²) in [6, 6.07) is 17.5. The van der Waals surface area contributed by atoms with E-state index < -0.39 is 21.1 Å². The third kappa shape index (κ3) is 4.03. The summed E-state index contributed by atoms with van der Waals surface area (Å²) in [5.74, 6) is 0.0488. The number of benzene rings is 3. The second-order valence-corrected chi connectivity index (χ2v) is 9.39. The molecule has 5 nitrogen and oxygen atoms in total. The molecule has 0 bridgehead atoms. The summed E-state index contributed by atoms with van der Waals surface area (Å²) < 4.78 is 48.2. The van der Waals surface area contributed by atoms with Gasteiger partial charge in [-0.2, -0.15) is 0 Å². The Kier molecular flexibility index (Phi) is 5.84. The van der Waals surface area contributed by atoms with Gasteiger partial charge >= 0.3 is 0 Å². The molecule has 0 fully saturated rings. The average Bonchev–Trinajstić information content (AvgIpc) is 2.77. The third-order valence-corrected chi connectivity index (χ3v) is 7.01. The molecule has 4 rings (SSSR count). The van der Waals surface area contributed by atoms with E-state index in [1.807, 2.05) is 13.8 Å². The van der Waals surface area contributed by atoms with Gasteiger partial charge in [0.05, 0.1) is 29.0 Å². The highest BCUT2D eigenvalue weighted by Gasteiger charge is 2.24. The van der Waals surface area contributed by atoms with Gasteiger partial charge in [0.2, 0.25) is 15.3 Å². The van der Waals surface area contributed by atoms with Crippen LogP contribution in [0.15, 0.2) is 87.5 Å². The molecule has 0 aliphatic heterocycles. The van der Waals surface area contributed by atoms with Gasteiger partial charge in [0.25, 0.3) is 0 Å². The fourth-order valence-electron chi connectivity index (χ4n) is 3.58. The zero-order chi connectivity index (χ0) is 22.9. The molecule has 0 saturated carbocycles. The van der Waals surface area contributed by atoms with Crippen LogP contribution < -0.4 is 10.2 Å². The van der Waals surface area contributed by atoms with Gasteiger partial charge in [0, 0.05) is 11.8 Å². The van der Waals surface area contributed by atoms with Crippen molar-refractivity contribution >= 4 is 20.7 Å². The van der Waals surface area contributed by atoms with Crippen molar-refractivity contribution in [1.29, 1.82) is 0 Å². The fourth-order valence-corrected chi connectivity index (χ4v) is 4.95. The first-order chi connectivity index (χ1) is 15.3. The Morgan fingerprint density at radius 3 is 2.41 bits per heavy atom. The van der Waals surface area contributed by atoms with Crippen molar-refractivity contribution in [2.75, 3.05) is 6.61 Å². The van der Waals surface area contributed by atoms with Gasteiger partial charge in [-0.05, 0) is 50.2 Å². The van der Waals surface area contributed by atoms with Gasteiger partial charge in [-0.25, -0.2) is 12.8 Å². The molecule has 164 valence electrons. The van der Waals surface area contributed by atoms with Crippen LogP contribution in [-0.4, -0.2) is 19.6 Å². The molecular weight excluding hydrogens is 429 g/mol. The quantitative estimate of drug-likeness (QED) is 0.425. The Morgan fingerprint density at radius 1 is 1.00 bits per heavy atom. The maximum absolute atomic E-state index is 14.3. The molecule has 1 aromatic heterocycles. The molecule has 1 heterocycles. The number of hydrogen-bond acceptors (Lipinski definition) is 4. The highest BCUT2D eigenvalue weighted by Crippen LogP contribution is 2.25. The van der Waals surface area contributed by atoms with Crippen LogP contribution >= 0.6 is 0 Å². The van der Waals surface area contributed by atoms with Crippen LogP contribution in [0.25, 0.3) is 10.9 Å². The van der Waals surface area contributed by atoms with E-state index >= 15 is 0 Å². The van der Waals surface area contributed by atoms with E-state index in [-0.39, 0.29) is 21.7 Å². The maximum Gasteiger partial charge on any atom is 0.211 e. The van der Waals surface area contributed by atoms with Crippen molar-refractivity contribution in [2.24, 2.45) is 0 Å². The minimum atomic E-state index is -4.10. The van der Waals surface area contributed by atoms with E-state index in [2.05, 4.69) is 0 Å². The number of sulfone groups is 1. The normalized spacial score (nSPS) is 11.6.